The molecule has 2 saturated heterocycles. The van der Waals surface area contributed by atoms with Crippen LogP contribution in [0, 0.1) is 5.92 Å². The lowest BCUT2D eigenvalue weighted by Crippen LogP contribution is -3.11. The van der Waals surface area contributed by atoms with E-state index in [-0.39, 0.29) is 0 Å². The van der Waals surface area contributed by atoms with Gasteiger partial charge in [0.25, 0.3) is 0 Å². The van der Waals surface area contributed by atoms with Crippen molar-refractivity contribution in [1.82, 2.24) is 0 Å². The Morgan fingerprint density at radius 2 is 2.00 bits per heavy atom. The van der Waals surface area contributed by atoms with E-state index >= 15 is 0 Å². The fraction of sp³-hybridized carbons (Fsp3) is 0.857. The van der Waals surface area contributed by atoms with Crippen LogP contribution < -0.4 is 4.90 Å². The highest BCUT2D eigenvalue weighted by molar-refractivity contribution is 5.01. The second-order valence-electron chi connectivity index (χ2n) is 5.68. The van der Waals surface area contributed by atoms with Crippen LogP contribution >= 0.6 is 0 Å². The molecule has 2 nitrogen and oxygen atoms in total. The molecule has 0 saturated carbocycles. The summed E-state index contributed by atoms with van der Waals surface area (Å²) in [6.07, 6.45) is 6.14. The average Bonchev–Trinajstić information content (AvgIpc) is 2.70. The van der Waals surface area contributed by atoms with Crippen molar-refractivity contribution in [3.63, 3.8) is 0 Å². The number of likely N-dealkylation sites (tertiary alicyclic amines) is 1. The molecule has 0 aromatic carbocycles. The van der Waals surface area contributed by atoms with Gasteiger partial charge >= 0.3 is 0 Å². The fourth-order valence-corrected chi connectivity index (χ4v) is 3.18. The van der Waals surface area contributed by atoms with Crippen LogP contribution in [0.3, 0.4) is 0 Å². The minimum absolute atomic E-state index is 0.425. The van der Waals surface area contributed by atoms with E-state index in [9.17, 15) is 0 Å². The van der Waals surface area contributed by atoms with Crippen molar-refractivity contribution in [3.05, 3.63) is 12.2 Å². The van der Waals surface area contributed by atoms with Gasteiger partial charge in [0.2, 0.25) is 0 Å². The lowest BCUT2D eigenvalue weighted by Gasteiger charge is -2.36. The van der Waals surface area contributed by atoms with Crippen LogP contribution in [0.15, 0.2) is 12.2 Å². The summed E-state index contributed by atoms with van der Waals surface area (Å²) >= 11 is 0. The first-order valence-corrected chi connectivity index (χ1v) is 6.81. The Balaban J connectivity index is 1.93. The van der Waals surface area contributed by atoms with Crippen molar-refractivity contribution in [3.8, 4) is 0 Å². The van der Waals surface area contributed by atoms with Crippen LogP contribution in [0.4, 0.5) is 0 Å². The fourth-order valence-electron chi connectivity index (χ4n) is 3.18. The Bertz CT molecular complexity index is 245. The molecule has 0 aromatic heterocycles. The van der Waals surface area contributed by atoms with Gasteiger partial charge in [-0.25, -0.2) is 0 Å². The van der Waals surface area contributed by atoms with Crippen LogP contribution in [0.1, 0.15) is 39.5 Å². The number of hydrogen-bond acceptors (Lipinski definition) is 1. The van der Waals surface area contributed by atoms with E-state index in [0.717, 1.165) is 0 Å². The Hall–Kier alpha value is -0.340. The van der Waals surface area contributed by atoms with Crippen molar-refractivity contribution < 1.29 is 9.64 Å². The van der Waals surface area contributed by atoms with Gasteiger partial charge < -0.3 is 9.64 Å². The number of rotatable bonds is 3. The van der Waals surface area contributed by atoms with Gasteiger partial charge in [-0.15, -0.1) is 0 Å². The Kier molecular flexibility index (Phi) is 4.04. The largest absolute Gasteiger partial charge is 0.369 e. The van der Waals surface area contributed by atoms with Gasteiger partial charge in [-0.2, -0.15) is 0 Å². The zero-order valence-electron chi connectivity index (χ0n) is 10.8. The minimum atomic E-state index is 0.425. The van der Waals surface area contributed by atoms with E-state index < -0.39 is 0 Å². The summed E-state index contributed by atoms with van der Waals surface area (Å²) in [6.45, 7) is 12.4. The predicted octanol–water partition coefficient (Wildman–Crippen LogP) is 1.42. The van der Waals surface area contributed by atoms with Gasteiger partial charge in [-0.1, -0.05) is 12.2 Å². The maximum absolute atomic E-state index is 6.14. The van der Waals surface area contributed by atoms with Crippen molar-refractivity contribution in [1.29, 1.82) is 0 Å². The van der Waals surface area contributed by atoms with Crippen LogP contribution in [-0.2, 0) is 4.74 Å². The molecule has 2 heterocycles. The van der Waals surface area contributed by atoms with E-state index in [2.05, 4.69) is 20.4 Å². The van der Waals surface area contributed by atoms with Gasteiger partial charge in [0.1, 0.15) is 12.6 Å². The van der Waals surface area contributed by atoms with Crippen LogP contribution in [0.25, 0.3) is 0 Å². The Morgan fingerprint density at radius 3 is 2.62 bits per heavy atom. The van der Waals surface area contributed by atoms with E-state index in [0.29, 0.717) is 18.1 Å². The molecule has 16 heavy (non-hydrogen) atoms. The number of nitrogens with one attached hydrogen (secondary N) is 1. The number of quaternary nitrogens is 1. The first-order valence-electron chi connectivity index (χ1n) is 6.81. The number of hydrogen-bond donors (Lipinski definition) is 1. The lowest BCUT2D eigenvalue weighted by atomic mass is 9.86. The Labute approximate surface area is 99.7 Å². The molecule has 1 N–H and O–H groups in total. The molecule has 2 heteroatoms. The summed E-state index contributed by atoms with van der Waals surface area (Å²) in [5.74, 6) is 0.601. The molecule has 2 aliphatic heterocycles. The normalized spacial score (nSPS) is 36.5. The molecular formula is C14H26NO+. The predicted molar refractivity (Wildman–Crippen MR) is 66.7 cm³/mol. The van der Waals surface area contributed by atoms with E-state index in [1.54, 1.807) is 4.90 Å². The van der Waals surface area contributed by atoms with Gasteiger partial charge in [0.15, 0.2) is 0 Å². The standard InChI is InChI=1S/C14H25NO/c1-11(2)13-7-6-12(3)16-14(13)10-15-8-4-5-9-15/h12-14H,1,4-10H2,2-3H3/p+1/t12-,13-,14-/m0/s1. The van der Waals surface area contributed by atoms with Gasteiger partial charge in [-0.05, 0) is 26.7 Å². The SMILES string of the molecule is C=C(C)[C@@H]1CC[C@H](C)O[C@H]1C[NH+]1CCCC1. The zero-order valence-corrected chi connectivity index (χ0v) is 10.8. The van der Waals surface area contributed by atoms with Gasteiger partial charge in [0.05, 0.1) is 19.2 Å². The highest BCUT2D eigenvalue weighted by atomic mass is 16.5. The molecule has 0 radical (unpaired) electrons. The Morgan fingerprint density at radius 1 is 1.31 bits per heavy atom. The van der Waals surface area contributed by atoms with E-state index in [1.807, 2.05) is 0 Å². The molecule has 2 aliphatic rings. The highest BCUT2D eigenvalue weighted by Crippen LogP contribution is 2.29. The summed E-state index contributed by atoms with van der Waals surface area (Å²) in [4.78, 5) is 1.74. The second-order valence-corrected chi connectivity index (χ2v) is 5.68. The summed E-state index contributed by atoms with van der Waals surface area (Å²) in [6, 6.07) is 0. The molecule has 0 aromatic rings. The first kappa shape index (κ1) is 12.1. The van der Waals surface area contributed by atoms with E-state index in [1.165, 1.54) is 50.9 Å². The molecule has 2 fully saturated rings. The molecule has 0 amide bonds. The quantitative estimate of drug-likeness (QED) is 0.716. The summed E-state index contributed by atoms with van der Waals surface area (Å²) < 4.78 is 6.14. The highest BCUT2D eigenvalue weighted by Gasteiger charge is 2.33. The topological polar surface area (TPSA) is 13.7 Å². The van der Waals surface area contributed by atoms with Gasteiger partial charge in [0, 0.05) is 18.8 Å². The summed E-state index contributed by atoms with van der Waals surface area (Å²) in [5.41, 5.74) is 1.32. The third kappa shape index (κ3) is 2.86. The molecule has 2 rings (SSSR count). The molecular weight excluding hydrogens is 198 g/mol. The van der Waals surface area contributed by atoms with E-state index in [4.69, 9.17) is 4.74 Å². The third-order valence-electron chi connectivity index (χ3n) is 4.17. The van der Waals surface area contributed by atoms with Crippen molar-refractivity contribution >= 4 is 0 Å². The molecule has 92 valence electrons. The van der Waals surface area contributed by atoms with Crippen molar-refractivity contribution in [2.45, 2.75) is 51.7 Å². The molecule has 0 bridgehead atoms. The zero-order chi connectivity index (χ0) is 11.5. The summed E-state index contributed by atoms with van der Waals surface area (Å²) in [7, 11) is 0. The smallest absolute Gasteiger partial charge is 0.113 e. The number of ether oxygens (including phenoxy) is 1. The molecule has 0 unspecified atom stereocenters. The summed E-state index contributed by atoms with van der Waals surface area (Å²) in [5, 5.41) is 0. The third-order valence-corrected chi connectivity index (χ3v) is 4.17. The first-order chi connectivity index (χ1) is 7.66. The minimum Gasteiger partial charge on any atom is -0.369 e. The lowest BCUT2D eigenvalue weighted by molar-refractivity contribution is -0.891. The second kappa shape index (κ2) is 5.33. The monoisotopic (exact) mass is 224 g/mol. The maximum Gasteiger partial charge on any atom is 0.113 e. The van der Waals surface area contributed by atoms with Crippen molar-refractivity contribution in [2.24, 2.45) is 5.92 Å². The van der Waals surface area contributed by atoms with Crippen molar-refractivity contribution in [2.75, 3.05) is 19.6 Å². The maximum atomic E-state index is 6.14. The van der Waals surface area contributed by atoms with Crippen LogP contribution in [0.5, 0.6) is 0 Å². The molecule has 0 aliphatic carbocycles. The molecule has 0 spiro atoms. The molecule has 3 atom stereocenters. The van der Waals surface area contributed by atoms with Crippen LogP contribution in [0.2, 0.25) is 0 Å². The van der Waals surface area contributed by atoms with Gasteiger partial charge in [-0.3, -0.25) is 0 Å². The van der Waals surface area contributed by atoms with Crippen LogP contribution in [-0.4, -0.2) is 31.8 Å². The average molecular weight is 224 g/mol.